The first kappa shape index (κ1) is 24.0. The first-order valence-electron chi connectivity index (χ1n) is 8.04. The average Bonchev–Trinajstić information content (AvgIpc) is 2.61. The Labute approximate surface area is 166 Å². The van der Waals surface area contributed by atoms with Gasteiger partial charge < -0.3 is 20.7 Å². The molecule has 1 unspecified atom stereocenters. The molecule has 1 heterocycles. The van der Waals surface area contributed by atoms with E-state index in [1.807, 2.05) is 45.2 Å². The standard InChI is InChI=1S/C18H24N4O2.2ClH/c1-4-24-15-9-7-14(8-10-15)22-17-16(6-5-11-20-17)18(23)21-12-13(2)19-3;;/h5-11,13,19H,4,12H2,1-3H3,(H,20,22)(H,21,23);2*1H. The quantitative estimate of drug-likeness (QED) is 0.632. The summed E-state index contributed by atoms with van der Waals surface area (Å²) in [5, 5.41) is 9.17. The second-order valence-corrected chi connectivity index (χ2v) is 5.38. The van der Waals surface area contributed by atoms with Gasteiger partial charge in [0, 0.05) is 24.5 Å². The summed E-state index contributed by atoms with van der Waals surface area (Å²) in [7, 11) is 1.86. The van der Waals surface area contributed by atoms with Crippen LogP contribution in [0.15, 0.2) is 42.6 Å². The molecule has 8 heteroatoms. The maximum atomic E-state index is 12.4. The van der Waals surface area contributed by atoms with Crippen LogP contribution in [0, 0.1) is 0 Å². The normalized spacial score (nSPS) is 10.7. The van der Waals surface area contributed by atoms with E-state index in [9.17, 15) is 4.79 Å². The van der Waals surface area contributed by atoms with Crippen molar-refractivity contribution in [3.63, 3.8) is 0 Å². The summed E-state index contributed by atoms with van der Waals surface area (Å²) < 4.78 is 5.42. The number of hydrogen-bond acceptors (Lipinski definition) is 5. The number of ether oxygens (including phenoxy) is 1. The Balaban J connectivity index is 0.00000312. The fraction of sp³-hybridized carbons (Fsp3) is 0.333. The van der Waals surface area contributed by atoms with Crippen molar-refractivity contribution in [1.82, 2.24) is 15.6 Å². The minimum absolute atomic E-state index is 0. The Morgan fingerprint density at radius 1 is 1.19 bits per heavy atom. The van der Waals surface area contributed by atoms with Crippen LogP contribution >= 0.6 is 24.8 Å². The third kappa shape index (κ3) is 7.07. The van der Waals surface area contributed by atoms with Gasteiger partial charge in [-0.15, -0.1) is 24.8 Å². The van der Waals surface area contributed by atoms with Gasteiger partial charge in [-0.05, 0) is 57.3 Å². The predicted octanol–water partition coefficient (Wildman–Crippen LogP) is 3.41. The second kappa shape index (κ2) is 12.4. The highest BCUT2D eigenvalue weighted by molar-refractivity contribution is 5.99. The van der Waals surface area contributed by atoms with Crippen molar-refractivity contribution in [1.29, 1.82) is 0 Å². The van der Waals surface area contributed by atoms with Crippen LogP contribution in [-0.4, -0.2) is 37.1 Å². The molecular formula is C18H26Cl2N4O2. The van der Waals surface area contributed by atoms with Gasteiger partial charge >= 0.3 is 0 Å². The van der Waals surface area contributed by atoms with E-state index < -0.39 is 0 Å². The molecule has 0 aliphatic carbocycles. The lowest BCUT2D eigenvalue weighted by Crippen LogP contribution is -2.37. The Bertz CT molecular complexity index is 668. The number of pyridine rings is 1. The number of halogens is 2. The van der Waals surface area contributed by atoms with Crippen molar-refractivity contribution >= 4 is 42.2 Å². The van der Waals surface area contributed by atoms with Gasteiger partial charge in [0.05, 0.1) is 12.2 Å². The van der Waals surface area contributed by atoms with Crippen LogP contribution in [0.2, 0.25) is 0 Å². The number of nitrogens with one attached hydrogen (secondary N) is 3. The fourth-order valence-corrected chi connectivity index (χ4v) is 2.07. The molecule has 1 atom stereocenters. The maximum Gasteiger partial charge on any atom is 0.255 e. The van der Waals surface area contributed by atoms with Gasteiger partial charge in [-0.25, -0.2) is 4.98 Å². The number of amides is 1. The topological polar surface area (TPSA) is 75.3 Å². The molecule has 26 heavy (non-hydrogen) atoms. The zero-order valence-corrected chi connectivity index (χ0v) is 16.7. The molecule has 144 valence electrons. The molecule has 0 aliphatic heterocycles. The van der Waals surface area contributed by atoms with Crippen LogP contribution in [0.1, 0.15) is 24.2 Å². The van der Waals surface area contributed by atoms with E-state index in [0.29, 0.717) is 24.5 Å². The fourth-order valence-electron chi connectivity index (χ4n) is 2.07. The molecule has 1 amide bonds. The SMILES string of the molecule is CCOc1ccc(Nc2ncccc2C(=O)NCC(C)NC)cc1.Cl.Cl. The van der Waals surface area contributed by atoms with Crippen LogP contribution in [0.5, 0.6) is 5.75 Å². The highest BCUT2D eigenvalue weighted by Gasteiger charge is 2.13. The predicted molar refractivity (Wildman–Crippen MR) is 110 cm³/mol. The summed E-state index contributed by atoms with van der Waals surface area (Å²) in [6.45, 7) is 5.12. The molecule has 0 bridgehead atoms. The van der Waals surface area contributed by atoms with Crippen LogP contribution in [0.4, 0.5) is 11.5 Å². The number of hydrogen-bond donors (Lipinski definition) is 3. The smallest absolute Gasteiger partial charge is 0.255 e. The molecular weight excluding hydrogens is 375 g/mol. The minimum Gasteiger partial charge on any atom is -0.494 e. The van der Waals surface area contributed by atoms with Gasteiger partial charge in [0.2, 0.25) is 0 Å². The average molecular weight is 401 g/mol. The molecule has 2 aromatic rings. The first-order chi connectivity index (χ1) is 11.6. The van der Waals surface area contributed by atoms with Crippen molar-refractivity contribution in [2.75, 3.05) is 25.5 Å². The van der Waals surface area contributed by atoms with Crippen molar-refractivity contribution in [3.05, 3.63) is 48.2 Å². The molecule has 1 aromatic heterocycles. The maximum absolute atomic E-state index is 12.4. The largest absolute Gasteiger partial charge is 0.494 e. The molecule has 6 nitrogen and oxygen atoms in total. The summed E-state index contributed by atoms with van der Waals surface area (Å²) in [5.41, 5.74) is 1.35. The zero-order chi connectivity index (χ0) is 17.4. The molecule has 0 saturated heterocycles. The molecule has 0 fully saturated rings. The van der Waals surface area contributed by atoms with Gasteiger partial charge in [0.1, 0.15) is 11.6 Å². The van der Waals surface area contributed by atoms with Gasteiger partial charge in [0.15, 0.2) is 0 Å². The summed E-state index contributed by atoms with van der Waals surface area (Å²) in [6, 6.07) is 11.2. The number of likely N-dealkylation sites (N-methyl/N-ethyl adjacent to an activating group) is 1. The molecule has 0 aliphatic rings. The minimum atomic E-state index is -0.154. The summed E-state index contributed by atoms with van der Waals surface area (Å²) in [6.07, 6.45) is 1.66. The molecule has 0 saturated carbocycles. The van der Waals surface area contributed by atoms with Crippen molar-refractivity contribution in [2.24, 2.45) is 0 Å². The van der Waals surface area contributed by atoms with Crippen LogP contribution < -0.4 is 20.7 Å². The molecule has 0 radical (unpaired) electrons. The lowest BCUT2D eigenvalue weighted by molar-refractivity contribution is 0.0951. The van der Waals surface area contributed by atoms with Crippen molar-refractivity contribution < 1.29 is 9.53 Å². The molecule has 3 N–H and O–H groups in total. The number of anilines is 2. The van der Waals surface area contributed by atoms with E-state index in [1.54, 1.807) is 18.3 Å². The van der Waals surface area contributed by atoms with E-state index in [2.05, 4.69) is 20.9 Å². The summed E-state index contributed by atoms with van der Waals surface area (Å²) >= 11 is 0. The van der Waals surface area contributed by atoms with Gasteiger partial charge in [-0.3, -0.25) is 4.79 Å². The van der Waals surface area contributed by atoms with Crippen LogP contribution in [-0.2, 0) is 0 Å². The Kier molecular flexibility index (Phi) is 11.4. The number of carbonyl (C=O) groups excluding carboxylic acids is 1. The van der Waals surface area contributed by atoms with Gasteiger partial charge in [-0.2, -0.15) is 0 Å². The first-order valence-corrected chi connectivity index (χ1v) is 8.04. The van der Waals surface area contributed by atoms with E-state index in [0.717, 1.165) is 11.4 Å². The molecule has 2 rings (SSSR count). The van der Waals surface area contributed by atoms with Crippen molar-refractivity contribution in [3.8, 4) is 5.75 Å². The monoisotopic (exact) mass is 400 g/mol. The highest BCUT2D eigenvalue weighted by Crippen LogP contribution is 2.21. The van der Waals surface area contributed by atoms with Crippen molar-refractivity contribution in [2.45, 2.75) is 19.9 Å². The van der Waals surface area contributed by atoms with E-state index in [-0.39, 0.29) is 36.8 Å². The lowest BCUT2D eigenvalue weighted by Gasteiger charge is -2.14. The van der Waals surface area contributed by atoms with Gasteiger partial charge in [0.25, 0.3) is 5.91 Å². The molecule has 1 aromatic carbocycles. The van der Waals surface area contributed by atoms with E-state index >= 15 is 0 Å². The Hall–Kier alpha value is -2.02. The molecule has 0 spiro atoms. The number of nitrogens with zero attached hydrogens (tertiary/aromatic N) is 1. The van der Waals surface area contributed by atoms with Gasteiger partial charge in [-0.1, -0.05) is 0 Å². The number of benzene rings is 1. The summed E-state index contributed by atoms with van der Waals surface area (Å²) in [5.74, 6) is 1.18. The van der Waals surface area contributed by atoms with E-state index in [1.165, 1.54) is 0 Å². The van der Waals surface area contributed by atoms with Crippen LogP contribution in [0.25, 0.3) is 0 Å². The number of rotatable bonds is 8. The Morgan fingerprint density at radius 2 is 1.88 bits per heavy atom. The summed E-state index contributed by atoms with van der Waals surface area (Å²) in [4.78, 5) is 16.7. The second-order valence-electron chi connectivity index (χ2n) is 5.38. The number of aromatic nitrogens is 1. The Morgan fingerprint density at radius 3 is 2.50 bits per heavy atom. The zero-order valence-electron chi connectivity index (χ0n) is 15.1. The highest BCUT2D eigenvalue weighted by atomic mass is 35.5. The lowest BCUT2D eigenvalue weighted by atomic mass is 10.2. The van der Waals surface area contributed by atoms with E-state index in [4.69, 9.17) is 4.74 Å². The third-order valence-corrected chi connectivity index (χ3v) is 3.54. The number of carbonyl (C=O) groups is 1. The van der Waals surface area contributed by atoms with Crippen LogP contribution in [0.3, 0.4) is 0 Å². The third-order valence-electron chi connectivity index (χ3n) is 3.54.